The molecule has 1 N–H and O–H groups in total. The lowest BCUT2D eigenvalue weighted by molar-refractivity contribution is -0.161. The SMILES string of the molecule is COC1(OC)CCCCCCCCC1=NO. The van der Waals surface area contributed by atoms with Gasteiger partial charge in [-0.3, -0.25) is 0 Å². The Balaban J connectivity index is 2.77. The molecule has 0 bridgehead atoms. The minimum absolute atomic E-state index is 0.624. The predicted octanol–water partition coefficient (Wildman–Crippen LogP) is 2.94. The van der Waals surface area contributed by atoms with Crippen molar-refractivity contribution in [2.45, 2.75) is 57.2 Å². The van der Waals surface area contributed by atoms with Crippen molar-refractivity contribution in [3.63, 3.8) is 0 Å². The molecule has 1 saturated carbocycles. The zero-order valence-electron chi connectivity index (χ0n) is 10.4. The summed E-state index contributed by atoms with van der Waals surface area (Å²) in [6, 6.07) is 0. The third kappa shape index (κ3) is 3.19. The zero-order chi connectivity index (χ0) is 11.9. The van der Waals surface area contributed by atoms with E-state index in [9.17, 15) is 0 Å². The van der Waals surface area contributed by atoms with Gasteiger partial charge < -0.3 is 14.7 Å². The van der Waals surface area contributed by atoms with Gasteiger partial charge in [0, 0.05) is 20.6 Å². The van der Waals surface area contributed by atoms with Crippen LogP contribution in [0, 0.1) is 0 Å². The van der Waals surface area contributed by atoms with Gasteiger partial charge in [0.2, 0.25) is 5.79 Å². The van der Waals surface area contributed by atoms with Crippen LogP contribution >= 0.6 is 0 Å². The highest BCUT2D eigenvalue weighted by Gasteiger charge is 2.36. The minimum atomic E-state index is -0.813. The van der Waals surface area contributed by atoms with Crippen LogP contribution < -0.4 is 0 Å². The van der Waals surface area contributed by atoms with Crippen LogP contribution in [0.2, 0.25) is 0 Å². The second-order valence-corrected chi connectivity index (χ2v) is 4.33. The molecule has 1 aliphatic carbocycles. The highest BCUT2D eigenvalue weighted by molar-refractivity contribution is 5.90. The lowest BCUT2D eigenvalue weighted by Gasteiger charge is -2.32. The standard InChI is InChI=1S/C12H23NO3/c1-15-12(16-2)10-8-6-4-3-5-7-9-11(12)13-14/h14H,3-10H2,1-2H3. The number of methoxy groups -OCH3 is 2. The van der Waals surface area contributed by atoms with Crippen LogP contribution in [0.15, 0.2) is 5.16 Å². The van der Waals surface area contributed by atoms with Crippen molar-refractivity contribution in [2.75, 3.05) is 14.2 Å². The van der Waals surface area contributed by atoms with E-state index < -0.39 is 5.79 Å². The monoisotopic (exact) mass is 229 g/mol. The number of ether oxygens (including phenoxy) is 2. The highest BCUT2D eigenvalue weighted by atomic mass is 16.7. The molecule has 1 aliphatic rings. The van der Waals surface area contributed by atoms with Gasteiger partial charge in [0.15, 0.2) is 0 Å². The lowest BCUT2D eigenvalue weighted by atomic mass is 9.94. The summed E-state index contributed by atoms with van der Waals surface area (Å²) in [6.45, 7) is 0. The van der Waals surface area contributed by atoms with Crippen molar-refractivity contribution in [2.24, 2.45) is 5.16 Å². The van der Waals surface area contributed by atoms with E-state index in [-0.39, 0.29) is 0 Å². The zero-order valence-corrected chi connectivity index (χ0v) is 10.4. The van der Waals surface area contributed by atoms with Crippen LogP contribution in [0.1, 0.15) is 51.4 Å². The molecule has 0 aliphatic heterocycles. The average Bonchev–Trinajstić information content (AvgIpc) is 2.34. The molecule has 0 saturated heterocycles. The smallest absolute Gasteiger partial charge is 0.211 e. The van der Waals surface area contributed by atoms with Crippen LogP contribution in [0.4, 0.5) is 0 Å². The molecule has 16 heavy (non-hydrogen) atoms. The Morgan fingerprint density at radius 2 is 1.56 bits per heavy atom. The molecule has 0 spiro atoms. The molecule has 0 heterocycles. The number of hydrogen-bond acceptors (Lipinski definition) is 4. The van der Waals surface area contributed by atoms with Gasteiger partial charge in [-0.15, -0.1) is 0 Å². The van der Waals surface area contributed by atoms with Crippen molar-refractivity contribution >= 4 is 5.71 Å². The maximum atomic E-state index is 9.10. The van der Waals surface area contributed by atoms with Crippen molar-refractivity contribution in [3.05, 3.63) is 0 Å². The summed E-state index contributed by atoms with van der Waals surface area (Å²) in [6.07, 6.45) is 8.50. The van der Waals surface area contributed by atoms with E-state index in [1.807, 2.05) is 0 Å². The van der Waals surface area contributed by atoms with Gasteiger partial charge in [-0.1, -0.05) is 30.8 Å². The summed E-state index contributed by atoms with van der Waals surface area (Å²) in [5.74, 6) is -0.813. The van der Waals surface area contributed by atoms with E-state index in [1.165, 1.54) is 25.7 Å². The van der Waals surface area contributed by atoms with Gasteiger partial charge >= 0.3 is 0 Å². The number of hydrogen-bond donors (Lipinski definition) is 1. The number of oxime groups is 1. The molecule has 4 nitrogen and oxygen atoms in total. The fraction of sp³-hybridized carbons (Fsp3) is 0.917. The molecular formula is C12H23NO3. The fourth-order valence-corrected chi connectivity index (χ4v) is 2.34. The van der Waals surface area contributed by atoms with E-state index in [0.717, 1.165) is 25.7 Å². The first kappa shape index (κ1) is 13.5. The Kier molecular flexibility index (Phi) is 5.77. The lowest BCUT2D eigenvalue weighted by Crippen LogP contribution is -2.43. The minimum Gasteiger partial charge on any atom is -0.411 e. The Morgan fingerprint density at radius 3 is 2.12 bits per heavy atom. The molecule has 0 aromatic carbocycles. The molecule has 0 radical (unpaired) electrons. The molecule has 0 aromatic heterocycles. The molecule has 1 rings (SSSR count). The Labute approximate surface area is 97.6 Å². The van der Waals surface area contributed by atoms with Gasteiger partial charge in [0.1, 0.15) is 5.71 Å². The molecular weight excluding hydrogens is 206 g/mol. The normalized spacial score (nSPS) is 25.5. The quantitative estimate of drug-likeness (QED) is 0.450. The van der Waals surface area contributed by atoms with Gasteiger partial charge in [-0.05, 0) is 19.3 Å². The first-order valence-electron chi connectivity index (χ1n) is 6.11. The van der Waals surface area contributed by atoms with Crippen LogP contribution in [0.5, 0.6) is 0 Å². The molecule has 0 unspecified atom stereocenters. The van der Waals surface area contributed by atoms with E-state index >= 15 is 0 Å². The van der Waals surface area contributed by atoms with Crippen LogP contribution in [0.3, 0.4) is 0 Å². The molecule has 0 atom stereocenters. The van der Waals surface area contributed by atoms with E-state index in [0.29, 0.717) is 5.71 Å². The Morgan fingerprint density at radius 1 is 1.00 bits per heavy atom. The summed E-state index contributed by atoms with van der Waals surface area (Å²) >= 11 is 0. The van der Waals surface area contributed by atoms with Crippen LogP contribution in [-0.2, 0) is 9.47 Å². The van der Waals surface area contributed by atoms with Crippen molar-refractivity contribution < 1.29 is 14.7 Å². The van der Waals surface area contributed by atoms with Crippen LogP contribution in [-0.4, -0.2) is 30.9 Å². The molecule has 4 heteroatoms. The van der Waals surface area contributed by atoms with E-state index in [1.54, 1.807) is 14.2 Å². The van der Waals surface area contributed by atoms with Gasteiger partial charge in [-0.25, -0.2) is 0 Å². The molecule has 0 aromatic rings. The summed E-state index contributed by atoms with van der Waals surface area (Å²) in [4.78, 5) is 0. The van der Waals surface area contributed by atoms with Crippen molar-refractivity contribution in [3.8, 4) is 0 Å². The third-order valence-corrected chi connectivity index (χ3v) is 3.39. The fourth-order valence-electron chi connectivity index (χ4n) is 2.34. The van der Waals surface area contributed by atoms with Crippen LogP contribution in [0.25, 0.3) is 0 Å². The van der Waals surface area contributed by atoms with E-state index in [4.69, 9.17) is 14.7 Å². The summed E-state index contributed by atoms with van der Waals surface area (Å²) in [5.41, 5.74) is 0.624. The average molecular weight is 229 g/mol. The summed E-state index contributed by atoms with van der Waals surface area (Å²) in [5, 5.41) is 12.5. The first-order chi connectivity index (χ1) is 7.79. The summed E-state index contributed by atoms with van der Waals surface area (Å²) in [7, 11) is 3.22. The Bertz CT molecular complexity index is 224. The Hall–Kier alpha value is -0.610. The second kappa shape index (κ2) is 6.86. The maximum absolute atomic E-state index is 9.10. The maximum Gasteiger partial charge on any atom is 0.211 e. The molecule has 1 fully saturated rings. The van der Waals surface area contributed by atoms with Gasteiger partial charge in [-0.2, -0.15) is 0 Å². The third-order valence-electron chi connectivity index (χ3n) is 3.39. The molecule has 94 valence electrons. The first-order valence-corrected chi connectivity index (χ1v) is 6.11. The van der Waals surface area contributed by atoms with Crippen molar-refractivity contribution in [1.29, 1.82) is 0 Å². The van der Waals surface area contributed by atoms with Gasteiger partial charge in [0.05, 0.1) is 0 Å². The predicted molar refractivity (Wildman–Crippen MR) is 62.9 cm³/mol. The summed E-state index contributed by atoms with van der Waals surface area (Å²) < 4.78 is 10.9. The topological polar surface area (TPSA) is 51.0 Å². The van der Waals surface area contributed by atoms with Gasteiger partial charge in [0.25, 0.3) is 0 Å². The number of rotatable bonds is 2. The molecule has 0 amide bonds. The largest absolute Gasteiger partial charge is 0.411 e. The van der Waals surface area contributed by atoms with Crippen molar-refractivity contribution in [1.82, 2.24) is 0 Å². The number of nitrogens with zero attached hydrogens (tertiary/aromatic N) is 1. The van der Waals surface area contributed by atoms with E-state index in [2.05, 4.69) is 5.16 Å². The second-order valence-electron chi connectivity index (χ2n) is 4.33. The highest BCUT2D eigenvalue weighted by Crippen LogP contribution is 2.27.